The zero-order valence-electron chi connectivity index (χ0n) is 10.4. The first-order valence-corrected chi connectivity index (χ1v) is 6.33. The lowest BCUT2D eigenvalue weighted by molar-refractivity contribution is -0.133. The van der Waals surface area contributed by atoms with Gasteiger partial charge in [0.25, 0.3) is 0 Å². The maximum Gasteiger partial charge on any atom is 0.240 e. The molecule has 0 saturated carbocycles. The van der Waals surface area contributed by atoms with Gasteiger partial charge in [0.05, 0.1) is 6.04 Å². The van der Waals surface area contributed by atoms with E-state index in [-0.39, 0.29) is 11.9 Å². The van der Waals surface area contributed by atoms with Crippen LogP contribution in [0.5, 0.6) is 0 Å². The molecule has 1 amide bonds. The second kappa shape index (κ2) is 5.32. The van der Waals surface area contributed by atoms with Crippen LogP contribution in [0.2, 0.25) is 0 Å². The van der Waals surface area contributed by atoms with E-state index < -0.39 is 0 Å². The fourth-order valence-electron chi connectivity index (χ4n) is 2.27. The Hall–Kier alpha value is -1.35. The summed E-state index contributed by atoms with van der Waals surface area (Å²) in [7, 11) is 0. The van der Waals surface area contributed by atoms with Gasteiger partial charge in [0, 0.05) is 13.1 Å². The number of amides is 1. The largest absolute Gasteiger partial charge is 0.333 e. The molecule has 92 valence electrons. The van der Waals surface area contributed by atoms with Crippen molar-refractivity contribution in [3.05, 3.63) is 35.4 Å². The summed E-state index contributed by atoms with van der Waals surface area (Å²) >= 11 is 0. The van der Waals surface area contributed by atoms with Crippen molar-refractivity contribution in [1.29, 1.82) is 0 Å². The van der Waals surface area contributed by atoms with Gasteiger partial charge in [-0.2, -0.15) is 0 Å². The summed E-state index contributed by atoms with van der Waals surface area (Å²) in [5.74, 6) is 0.0923. The first-order chi connectivity index (χ1) is 8.22. The van der Waals surface area contributed by atoms with Crippen molar-refractivity contribution in [3.8, 4) is 0 Å². The average molecular weight is 232 g/mol. The van der Waals surface area contributed by atoms with Crippen LogP contribution in [-0.2, 0) is 17.9 Å². The molecule has 1 aromatic rings. The van der Waals surface area contributed by atoms with Crippen LogP contribution in [0.15, 0.2) is 24.3 Å². The molecule has 0 aromatic heterocycles. The number of carbonyl (C=O) groups is 1. The van der Waals surface area contributed by atoms with Crippen molar-refractivity contribution >= 4 is 5.91 Å². The van der Waals surface area contributed by atoms with E-state index in [4.69, 9.17) is 5.73 Å². The predicted molar refractivity (Wildman–Crippen MR) is 68.2 cm³/mol. The number of unbranched alkanes of at least 4 members (excludes halogenated alkanes) is 1. The Morgan fingerprint density at radius 3 is 2.47 bits per heavy atom. The van der Waals surface area contributed by atoms with Crippen LogP contribution >= 0.6 is 0 Å². The molecule has 1 unspecified atom stereocenters. The fraction of sp³-hybridized carbons (Fsp3) is 0.500. The van der Waals surface area contributed by atoms with E-state index in [0.29, 0.717) is 0 Å². The van der Waals surface area contributed by atoms with Gasteiger partial charge in [-0.15, -0.1) is 0 Å². The second-order valence-electron chi connectivity index (χ2n) is 4.71. The van der Waals surface area contributed by atoms with Gasteiger partial charge in [-0.25, -0.2) is 0 Å². The Morgan fingerprint density at radius 2 is 1.94 bits per heavy atom. The van der Waals surface area contributed by atoms with Crippen molar-refractivity contribution < 1.29 is 4.79 Å². The van der Waals surface area contributed by atoms with Crippen LogP contribution in [-0.4, -0.2) is 16.8 Å². The minimum Gasteiger partial charge on any atom is -0.333 e. The molecule has 2 rings (SSSR count). The van der Waals surface area contributed by atoms with Crippen LogP contribution < -0.4 is 5.73 Å². The van der Waals surface area contributed by atoms with Crippen LogP contribution in [0.4, 0.5) is 0 Å². The lowest BCUT2D eigenvalue weighted by atomic mass is 10.1. The third-order valence-electron chi connectivity index (χ3n) is 3.34. The van der Waals surface area contributed by atoms with E-state index in [2.05, 4.69) is 19.1 Å². The minimum absolute atomic E-state index is 0.0923. The number of carbonyl (C=O) groups excluding carboxylic acids is 1. The molecule has 1 aliphatic heterocycles. The van der Waals surface area contributed by atoms with Gasteiger partial charge in [-0.05, 0) is 17.5 Å². The maximum atomic E-state index is 12.1. The highest BCUT2D eigenvalue weighted by Crippen LogP contribution is 2.22. The van der Waals surface area contributed by atoms with Crippen LogP contribution in [0.1, 0.15) is 37.3 Å². The van der Waals surface area contributed by atoms with Crippen molar-refractivity contribution in [2.45, 2.75) is 45.3 Å². The molecular weight excluding hydrogens is 212 g/mol. The molecule has 3 nitrogen and oxygen atoms in total. The highest BCUT2D eigenvalue weighted by Gasteiger charge is 2.26. The normalized spacial score (nSPS) is 15.8. The predicted octanol–water partition coefficient (Wildman–Crippen LogP) is 2.05. The summed E-state index contributed by atoms with van der Waals surface area (Å²) in [6.07, 6.45) is 2.90. The van der Waals surface area contributed by atoms with Gasteiger partial charge in [-0.1, -0.05) is 44.0 Å². The first kappa shape index (κ1) is 12.1. The molecule has 3 heteroatoms. The number of fused-ring (bicyclic) bond motifs is 1. The standard InChI is InChI=1S/C14H20N2O/c1-2-3-8-13(15)14(17)16-9-11-6-4-5-7-12(11)10-16/h4-7,13H,2-3,8-10,15H2,1H3. The third-order valence-corrected chi connectivity index (χ3v) is 3.34. The number of hydrogen-bond acceptors (Lipinski definition) is 2. The molecule has 0 bridgehead atoms. The first-order valence-electron chi connectivity index (χ1n) is 6.33. The molecule has 1 aliphatic rings. The van der Waals surface area contributed by atoms with Gasteiger partial charge in [0.15, 0.2) is 0 Å². The van der Waals surface area contributed by atoms with Gasteiger partial charge in [0.2, 0.25) is 5.91 Å². The van der Waals surface area contributed by atoms with Gasteiger partial charge < -0.3 is 10.6 Å². The van der Waals surface area contributed by atoms with Crippen molar-refractivity contribution in [2.24, 2.45) is 5.73 Å². The Morgan fingerprint density at radius 1 is 1.35 bits per heavy atom. The summed E-state index contributed by atoms with van der Waals surface area (Å²) in [6.45, 7) is 3.55. The smallest absolute Gasteiger partial charge is 0.240 e. The van der Waals surface area contributed by atoms with E-state index in [1.165, 1.54) is 11.1 Å². The average Bonchev–Trinajstić information content (AvgIpc) is 2.78. The van der Waals surface area contributed by atoms with E-state index in [9.17, 15) is 4.79 Å². The molecule has 0 radical (unpaired) electrons. The van der Waals surface area contributed by atoms with Crippen molar-refractivity contribution in [1.82, 2.24) is 4.90 Å². The molecule has 1 atom stereocenters. The monoisotopic (exact) mass is 232 g/mol. The lowest BCUT2D eigenvalue weighted by Gasteiger charge is -2.20. The number of rotatable bonds is 4. The number of hydrogen-bond donors (Lipinski definition) is 1. The third kappa shape index (κ3) is 2.67. The van der Waals surface area contributed by atoms with Gasteiger partial charge in [-0.3, -0.25) is 4.79 Å². The quantitative estimate of drug-likeness (QED) is 0.863. The molecular formula is C14H20N2O. The minimum atomic E-state index is -0.329. The highest BCUT2D eigenvalue weighted by atomic mass is 16.2. The van der Waals surface area contributed by atoms with Gasteiger partial charge >= 0.3 is 0 Å². The summed E-state index contributed by atoms with van der Waals surface area (Å²) in [5.41, 5.74) is 8.43. The summed E-state index contributed by atoms with van der Waals surface area (Å²) in [5, 5.41) is 0. The number of nitrogens with zero attached hydrogens (tertiary/aromatic N) is 1. The number of nitrogens with two attached hydrogens (primary N) is 1. The second-order valence-corrected chi connectivity index (χ2v) is 4.71. The Kier molecular flexibility index (Phi) is 3.79. The van der Waals surface area contributed by atoms with E-state index in [1.807, 2.05) is 17.0 Å². The van der Waals surface area contributed by atoms with Crippen LogP contribution in [0, 0.1) is 0 Å². The summed E-state index contributed by atoms with van der Waals surface area (Å²) in [4.78, 5) is 14.0. The van der Waals surface area contributed by atoms with Crippen LogP contribution in [0.3, 0.4) is 0 Å². The molecule has 0 saturated heterocycles. The molecule has 0 fully saturated rings. The Bertz CT molecular complexity index is 378. The molecule has 0 spiro atoms. The molecule has 2 N–H and O–H groups in total. The van der Waals surface area contributed by atoms with E-state index in [1.54, 1.807) is 0 Å². The van der Waals surface area contributed by atoms with Crippen molar-refractivity contribution in [3.63, 3.8) is 0 Å². The van der Waals surface area contributed by atoms with Gasteiger partial charge in [0.1, 0.15) is 0 Å². The SMILES string of the molecule is CCCCC(N)C(=O)N1Cc2ccccc2C1. The zero-order valence-corrected chi connectivity index (χ0v) is 10.4. The Labute approximate surface area is 103 Å². The summed E-state index contributed by atoms with van der Waals surface area (Å²) < 4.78 is 0. The van der Waals surface area contributed by atoms with Crippen LogP contribution in [0.25, 0.3) is 0 Å². The molecule has 17 heavy (non-hydrogen) atoms. The molecule has 0 aliphatic carbocycles. The summed E-state index contributed by atoms with van der Waals surface area (Å²) in [6, 6.07) is 7.87. The van der Waals surface area contributed by atoms with Crippen molar-refractivity contribution in [2.75, 3.05) is 0 Å². The molecule has 1 aromatic carbocycles. The number of benzene rings is 1. The topological polar surface area (TPSA) is 46.3 Å². The zero-order chi connectivity index (χ0) is 12.3. The maximum absolute atomic E-state index is 12.1. The lowest BCUT2D eigenvalue weighted by Crippen LogP contribution is -2.41. The van der Waals surface area contributed by atoms with E-state index >= 15 is 0 Å². The fourth-order valence-corrected chi connectivity index (χ4v) is 2.27. The highest BCUT2D eigenvalue weighted by molar-refractivity contribution is 5.82. The molecule has 1 heterocycles. The van der Waals surface area contributed by atoms with E-state index in [0.717, 1.165) is 32.4 Å². The Balaban J connectivity index is 1.96.